The SMILES string of the molecule is O=C(C[NH+]1CC[NH+](C2c3ccccc3-c3ccccc32)CC1)NCc1ccccc1. The number of carbonyl (C=O) groups excluding carboxylic acids is 1. The summed E-state index contributed by atoms with van der Waals surface area (Å²) in [5.74, 6) is 0.147. The molecule has 0 aromatic heterocycles. The van der Waals surface area contributed by atoms with Crippen LogP contribution in [-0.4, -0.2) is 38.6 Å². The van der Waals surface area contributed by atoms with Gasteiger partial charge >= 0.3 is 0 Å². The highest BCUT2D eigenvalue weighted by atomic mass is 16.2. The molecule has 1 saturated heterocycles. The van der Waals surface area contributed by atoms with Crippen molar-refractivity contribution in [3.8, 4) is 11.1 Å². The Bertz CT molecular complexity index is 980. The lowest BCUT2D eigenvalue weighted by atomic mass is 10.0. The number of hydrogen-bond acceptors (Lipinski definition) is 1. The minimum atomic E-state index is 0.147. The Kier molecular flexibility index (Phi) is 5.35. The van der Waals surface area contributed by atoms with Crippen molar-refractivity contribution < 1.29 is 14.6 Å². The molecule has 0 unspecified atom stereocenters. The number of fused-ring (bicyclic) bond motifs is 3. The Morgan fingerprint density at radius 2 is 1.33 bits per heavy atom. The Morgan fingerprint density at radius 3 is 1.97 bits per heavy atom. The number of quaternary nitrogens is 2. The van der Waals surface area contributed by atoms with Crippen LogP contribution in [0.1, 0.15) is 22.7 Å². The highest BCUT2D eigenvalue weighted by Gasteiger charge is 2.38. The van der Waals surface area contributed by atoms with Crippen molar-refractivity contribution in [2.24, 2.45) is 0 Å². The van der Waals surface area contributed by atoms with E-state index in [1.807, 2.05) is 30.3 Å². The Balaban J connectivity index is 1.20. The fraction of sp³-hybridized carbons (Fsp3) is 0.269. The van der Waals surface area contributed by atoms with E-state index in [9.17, 15) is 4.79 Å². The smallest absolute Gasteiger partial charge is 0.275 e. The summed E-state index contributed by atoms with van der Waals surface area (Å²) in [6.07, 6.45) is 0. The molecule has 1 aliphatic carbocycles. The normalized spacial score (nSPS) is 20.4. The molecule has 0 spiro atoms. The quantitative estimate of drug-likeness (QED) is 0.585. The fourth-order valence-corrected chi connectivity index (χ4v) is 5.07. The van der Waals surface area contributed by atoms with Gasteiger partial charge in [-0.25, -0.2) is 0 Å². The first-order chi connectivity index (χ1) is 14.8. The van der Waals surface area contributed by atoms with E-state index >= 15 is 0 Å². The summed E-state index contributed by atoms with van der Waals surface area (Å²) in [7, 11) is 0. The van der Waals surface area contributed by atoms with Crippen molar-refractivity contribution in [2.75, 3.05) is 32.7 Å². The van der Waals surface area contributed by atoms with Crippen LogP contribution in [0, 0.1) is 0 Å². The molecule has 0 atom stereocenters. The first-order valence-electron chi connectivity index (χ1n) is 11.0. The number of rotatable bonds is 5. The molecule has 1 heterocycles. The Hall–Kier alpha value is -2.95. The molecular formula is C26H29N3O+2. The van der Waals surface area contributed by atoms with Crippen LogP contribution in [0.4, 0.5) is 0 Å². The third-order valence-electron chi connectivity index (χ3n) is 6.58. The summed E-state index contributed by atoms with van der Waals surface area (Å²) in [6.45, 7) is 5.44. The van der Waals surface area contributed by atoms with Gasteiger partial charge in [-0.05, 0) is 16.7 Å². The molecule has 30 heavy (non-hydrogen) atoms. The van der Waals surface area contributed by atoms with E-state index in [0.29, 0.717) is 19.1 Å². The zero-order valence-electron chi connectivity index (χ0n) is 17.2. The number of carbonyl (C=O) groups is 1. The van der Waals surface area contributed by atoms with Gasteiger partial charge < -0.3 is 15.1 Å². The molecule has 5 rings (SSSR count). The summed E-state index contributed by atoms with van der Waals surface area (Å²) in [5.41, 5.74) is 6.84. The first-order valence-corrected chi connectivity index (χ1v) is 11.0. The average molecular weight is 400 g/mol. The molecule has 3 aromatic carbocycles. The van der Waals surface area contributed by atoms with Gasteiger partial charge in [0, 0.05) is 17.7 Å². The predicted octanol–water partition coefficient (Wildman–Crippen LogP) is 0.856. The highest BCUT2D eigenvalue weighted by Crippen LogP contribution is 2.41. The molecule has 4 heteroatoms. The van der Waals surface area contributed by atoms with Crippen molar-refractivity contribution in [3.05, 3.63) is 95.6 Å². The number of piperazine rings is 1. The average Bonchev–Trinajstić information content (AvgIpc) is 3.14. The number of amides is 1. The van der Waals surface area contributed by atoms with Gasteiger partial charge in [0.25, 0.3) is 5.91 Å². The second-order valence-corrected chi connectivity index (χ2v) is 8.45. The van der Waals surface area contributed by atoms with Crippen LogP contribution < -0.4 is 15.1 Å². The Labute approximate surface area is 178 Å². The number of hydrogen-bond donors (Lipinski definition) is 3. The van der Waals surface area contributed by atoms with Crippen LogP contribution in [0.25, 0.3) is 11.1 Å². The van der Waals surface area contributed by atoms with Gasteiger partial charge in [-0.2, -0.15) is 0 Å². The molecule has 0 saturated carbocycles. The molecule has 1 fully saturated rings. The van der Waals surface area contributed by atoms with Crippen molar-refractivity contribution >= 4 is 5.91 Å². The summed E-state index contributed by atoms with van der Waals surface area (Å²) in [5, 5.41) is 3.07. The lowest BCUT2D eigenvalue weighted by molar-refractivity contribution is -1.02. The minimum absolute atomic E-state index is 0.147. The number of benzene rings is 3. The van der Waals surface area contributed by atoms with Crippen LogP contribution >= 0.6 is 0 Å². The van der Waals surface area contributed by atoms with Gasteiger partial charge in [-0.1, -0.05) is 78.9 Å². The van der Waals surface area contributed by atoms with Gasteiger partial charge in [-0.3, -0.25) is 4.79 Å². The standard InChI is InChI=1S/C26H27N3O/c30-25(27-18-20-8-2-1-3-9-20)19-28-14-16-29(17-15-28)26-23-12-6-4-10-21(23)22-11-5-7-13-24(22)26/h1-13,26H,14-19H2,(H,27,30)/p+2. The minimum Gasteiger partial charge on any atom is -0.347 e. The lowest BCUT2D eigenvalue weighted by Gasteiger charge is -2.33. The molecule has 3 aromatic rings. The van der Waals surface area contributed by atoms with Crippen LogP contribution in [-0.2, 0) is 11.3 Å². The largest absolute Gasteiger partial charge is 0.347 e. The molecule has 1 amide bonds. The first kappa shape index (κ1) is 19.0. The van der Waals surface area contributed by atoms with Gasteiger partial charge in [-0.15, -0.1) is 0 Å². The van der Waals surface area contributed by atoms with Gasteiger partial charge in [0.1, 0.15) is 32.2 Å². The van der Waals surface area contributed by atoms with Crippen molar-refractivity contribution in [1.82, 2.24) is 5.32 Å². The van der Waals surface area contributed by atoms with E-state index in [0.717, 1.165) is 31.7 Å². The van der Waals surface area contributed by atoms with E-state index < -0.39 is 0 Å². The molecule has 1 aliphatic heterocycles. The number of nitrogens with one attached hydrogen (secondary N) is 3. The molecule has 152 valence electrons. The monoisotopic (exact) mass is 399 g/mol. The summed E-state index contributed by atoms with van der Waals surface area (Å²) in [6, 6.07) is 28.2. The maximum absolute atomic E-state index is 12.4. The zero-order chi connectivity index (χ0) is 20.3. The topological polar surface area (TPSA) is 38.0 Å². The molecule has 0 bridgehead atoms. The predicted molar refractivity (Wildman–Crippen MR) is 118 cm³/mol. The van der Waals surface area contributed by atoms with Crippen molar-refractivity contribution in [1.29, 1.82) is 0 Å². The molecule has 2 aliphatic rings. The van der Waals surface area contributed by atoms with E-state index in [-0.39, 0.29) is 5.91 Å². The van der Waals surface area contributed by atoms with E-state index in [1.54, 1.807) is 4.90 Å². The maximum atomic E-state index is 12.4. The van der Waals surface area contributed by atoms with Gasteiger partial charge in [0.05, 0.1) is 0 Å². The third-order valence-corrected chi connectivity index (χ3v) is 6.58. The van der Waals surface area contributed by atoms with E-state index in [1.165, 1.54) is 27.2 Å². The maximum Gasteiger partial charge on any atom is 0.275 e. The van der Waals surface area contributed by atoms with Gasteiger partial charge in [0.15, 0.2) is 6.54 Å². The second kappa shape index (κ2) is 8.42. The highest BCUT2D eigenvalue weighted by molar-refractivity contribution is 5.78. The Morgan fingerprint density at radius 1 is 0.767 bits per heavy atom. The molecular weight excluding hydrogens is 370 g/mol. The second-order valence-electron chi connectivity index (χ2n) is 8.45. The van der Waals surface area contributed by atoms with E-state index in [4.69, 9.17) is 0 Å². The van der Waals surface area contributed by atoms with Crippen LogP contribution in [0.3, 0.4) is 0 Å². The molecule has 4 nitrogen and oxygen atoms in total. The van der Waals surface area contributed by atoms with Crippen molar-refractivity contribution in [2.45, 2.75) is 12.6 Å². The van der Waals surface area contributed by atoms with E-state index in [2.05, 4.69) is 53.8 Å². The third kappa shape index (κ3) is 3.76. The zero-order valence-corrected chi connectivity index (χ0v) is 17.2. The summed E-state index contributed by atoms with van der Waals surface area (Å²) >= 11 is 0. The fourth-order valence-electron chi connectivity index (χ4n) is 5.07. The summed E-state index contributed by atoms with van der Waals surface area (Å²) < 4.78 is 0. The molecule has 0 radical (unpaired) electrons. The van der Waals surface area contributed by atoms with Crippen LogP contribution in [0.2, 0.25) is 0 Å². The summed E-state index contributed by atoms with van der Waals surface area (Å²) in [4.78, 5) is 15.4. The van der Waals surface area contributed by atoms with Crippen molar-refractivity contribution in [3.63, 3.8) is 0 Å². The van der Waals surface area contributed by atoms with Crippen LogP contribution in [0.15, 0.2) is 78.9 Å². The lowest BCUT2D eigenvalue weighted by Crippen LogP contribution is -3.28. The molecule has 3 N–H and O–H groups in total. The van der Waals surface area contributed by atoms with Crippen LogP contribution in [0.5, 0.6) is 0 Å². The van der Waals surface area contributed by atoms with Gasteiger partial charge in [0.2, 0.25) is 0 Å².